The Morgan fingerprint density at radius 3 is 2.33 bits per heavy atom. The normalized spacial score (nSPS) is 19.2. The molecule has 1 saturated carbocycles. The summed E-state index contributed by atoms with van der Waals surface area (Å²) in [6.45, 7) is 4.52. The van der Waals surface area contributed by atoms with Gasteiger partial charge in [-0.3, -0.25) is 4.79 Å². The van der Waals surface area contributed by atoms with E-state index >= 15 is 0 Å². The lowest BCUT2D eigenvalue weighted by molar-refractivity contribution is -0.137. The number of nitrogens with zero attached hydrogens (tertiary/aromatic N) is 2. The van der Waals surface area contributed by atoms with E-state index in [1.807, 2.05) is 36.1 Å². The van der Waals surface area contributed by atoms with E-state index in [2.05, 4.69) is 5.32 Å². The van der Waals surface area contributed by atoms with Gasteiger partial charge in [0.05, 0.1) is 0 Å². The fraction of sp³-hybridized carbons (Fsp3) is 0.579. The van der Waals surface area contributed by atoms with E-state index in [1.54, 1.807) is 4.90 Å². The number of urea groups is 1. The molecule has 0 unspecified atom stereocenters. The van der Waals surface area contributed by atoms with Crippen LogP contribution in [0.1, 0.15) is 37.7 Å². The Morgan fingerprint density at radius 1 is 1.00 bits per heavy atom. The van der Waals surface area contributed by atoms with Gasteiger partial charge in [0.2, 0.25) is 5.91 Å². The average molecular weight is 329 g/mol. The average Bonchev–Trinajstić information content (AvgIpc) is 2.62. The molecule has 130 valence electrons. The Labute approximate surface area is 144 Å². The van der Waals surface area contributed by atoms with Crippen molar-refractivity contribution in [1.82, 2.24) is 9.80 Å². The van der Waals surface area contributed by atoms with Crippen molar-refractivity contribution in [3.63, 3.8) is 0 Å². The van der Waals surface area contributed by atoms with Gasteiger partial charge >= 0.3 is 6.03 Å². The van der Waals surface area contributed by atoms with Crippen molar-refractivity contribution in [2.75, 3.05) is 31.5 Å². The molecule has 1 aromatic carbocycles. The van der Waals surface area contributed by atoms with E-state index in [0.717, 1.165) is 24.1 Å². The maximum absolute atomic E-state index is 12.6. The molecular weight excluding hydrogens is 302 g/mol. The molecule has 0 bridgehead atoms. The van der Waals surface area contributed by atoms with Crippen molar-refractivity contribution in [2.45, 2.75) is 39.0 Å². The van der Waals surface area contributed by atoms with Gasteiger partial charge in [-0.15, -0.1) is 0 Å². The minimum Gasteiger partial charge on any atom is -0.339 e. The number of carbonyl (C=O) groups excluding carboxylic acids is 2. The van der Waals surface area contributed by atoms with Crippen LogP contribution in [0.5, 0.6) is 0 Å². The molecule has 1 N–H and O–H groups in total. The number of hydrogen-bond acceptors (Lipinski definition) is 2. The smallest absolute Gasteiger partial charge is 0.321 e. The number of anilines is 1. The van der Waals surface area contributed by atoms with Gasteiger partial charge in [-0.05, 0) is 37.5 Å². The number of hydrogen-bond donors (Lipinski definition) is 1. The lowest BCUT2D eigenvalue weighted by Gasteiger charge is -2.37. The number of carbonyl (C=O) groups is 2. The third-order valence-corrected chi connectivity index (χ3v) is 5.10. The van der Waals surface area contributed by atoms with Crippen molar-refractivity contribution in [2.24, 2.45) is 5.92 Å². The van der Waals surface area contributed by atoms with Gasteiger partial charge < -0.3 is 15.1 Å². The van der Waals surface area contributed by atoms with Crippen LogP contribution >= 0.6 is 0 Å². The van der Waals surface area contributed by atoms with Crippen LogP contribution in [0.2, 0.25) is 0 Å². The Balaban J connectivity index is 1.49. The second kappa shape index (κ2) is 7.69. The van der Waals surface area contributed by atoms with Crippen molar-refractivity contribution >= 4 is 17.6 Å². The Bertz CT molecular complexity index is 588. The van der Waals surface area contributed by atoms with E-state index in [9.17, 15) is 9.59 Å². The molecule has 3 rings (SSSR count). The molecule has 3 amide bonds. The molecule has 2 aliphatic rings. The summed E-state index contributed by atoms with van der Waals surface area (Å²) >= 11 is 0. The summed E-state index contributed by atoms with van der Waals surface area (Å²) in [6.07, 6.45) is 5.68. The first-order valence-corrected chi connectivity index (χ1v) is 9.05. The standard InChI is InChI=1S/C19H27N3O2/c1-15-6-5-9-17(14-15)20-19(24)22-12-10-21(11-13-22)18(23)16-7-3-2-4-8-16/h5-6,9,14,16H,2-4,7-8,10-13H2,1H3,(H,20,24). The molecule has 5 nitrogen and oxygen atoms in total. The molecule has 1 saturated heterocycles. The van der Waals surface area contributed by atoms with Crippen molar-refractivity contribution in [3.8, 4) is 0 Å². The Morgan fingerprint density at radius 2 is 1.67 bits per heavy atom. The zero-order valence-corrected chi connectivity index (χ0v) is 14.5. The molecular formula is C19H27N3O2. The fourth-order valence-electron chi connectivity index (χ4n) is 3.66. The number of rotatable bonds is 2. The SMILES string of the molecule is Cc1cccc(NC(=O)N2CCN(C(=O)C3CCCCC3)CC2)c1. The van der Waals surface area contributed by atoms with Crippen LogP contribution in [0.15, 0.2) is 24.3 Å². The number of nitrogens with one attached hydrogen (secondary N) is 1. The molecule has 0 aromatic heterocycles. The first-order valence-electron chi connectivity index (χ1n) is 9.05. The van der Waals surface area contributed by atoms with E-state index in [4.69, 9.17) is 0 Å². The molecule has 24 heavy (non-hydrogen) atoms. The Kier molecular flexibility index (Phi) is 5.38. The highest BCUT2D eigenvalue weighted by Gasteiger charge is 2.29. The maximum atomic E-state index is 12.6. The molecule has 0 spiro atoms. The summed E-state index contributed by atoms with van der Waals surface area (Å²) in [5.74, 6) is 0.514. The number of piperazine rings is 1. The maximum Gasteiger partial charge on any atom is 0.321 e. The highest BCUT2D eigenvalue weighted by Crippen LogP contribution is 2.25. The van der Waals surface area contributed by atoms with Crippen LogP contribution < -0.4 is 5.32 Å². The van der Waals surface area contributed by atoms with Gasteiger partial charge in [0.25, 0.3) is 0 Å². The van der Waals surface area contributed by atoms with Crippen molar-refractivity contribution in [1.29, 1.82) is 0 Å². The Hall–Kier alpha value is -2.04. The zero-order chi connectivity index (χ0) is 16.9. The molecule has 1 aromatic rings. The number of amides is 3. The van der Waals surface area contributed by atoms with Crippen LogP contribution in [-0.2, 0) is 4.79 Å². The molecule has 5 heteroatoms. The second-order valence-corrected chi connectivity index (χ2v) is 6.95. The van der Waals surface area contributed by atoms with Gasteiger partial charge in [-0.1, -0.05) is 31.4 Å². The summed E-state index contributed by atoms with van der Waals surface area (Å²) in [7, 11) is 0. The van der Waals surface area contributed by atoms with E-state index in [-0.39, 0.29) is 11.9 Å². The van der Waals surface area contributed by atoms with Gasteiger partial charge in [-0.2, -0.15) is 0 Å². The first kappa shape index (κ1) is 16.8. The van der Waals surface area contributed by atoms with Crippen molar-refractivity contribution < 1.29 is 9.59 Å². The molecule has 0 radical (unpaired) electrons. The number of aryl methyl sites for hydroxylation is 1. The lowest BCUT2D eigenvalue weighted by Crippen LogP contribution is -2.53. The van der Waals surface area contributed by atoms with Crippen LogP contribution in [0, 0.1) is 12.8 Å². The van der Waals surface area contributed by atoms with Crippen molar-refractivity contribution in [3.05, 3.63) is 29.8 Å². The molecule has 2 fully saturated rings. The molecule has 1 aliphatic carbocycles. The summed E-state index contributed by atoms with van der Waals surface area (Å²) in [5, 5.41) is 2.94. The van der Waals surface area contributed by atoms with Gasteiger partial charge in [0.15, 0.2) is 0 Å². The highest BCUT2D eigenvalue weighted by atomic mass is 16.2. The quantitative estimate of drug-likeness (QED) is 0.905. The highest BCUT2D eigenvalue weighted by molar-refractivity contribution is 5.89. The van der Waals surface area contributed by atoms with Crippen LogP contribution in [0.4, 0.5) is 10.5 Å². The third-order valence-electron chi connectivity index (χ3n) is 5.10. The second-order valence-electron chi connectivity index (χ2n) is 6.95. The van der Waals surface area contributed by atoms with E-state index < -0.39 is 0 Å². The largest absolute Gasteiger partial charge is 0.339 e. The number of benzene rings is 1. The van der Waals surface area contributed by atoms with Crippen LogP contribution in [0.25, 0.3) is 0 Å². The summed E-state index contributed by atoms with van der Waals surface area (Å²) < 4.78 is 0. The van der Waals surface area contributed by atoms with E-state index in [0.29, 0.717) is 32.1 Å². The topological polar surface area (TPSA) is 52.7 Å². The van der Waals surface area contributed by atoms with Crippen LogP contribution in [-0.4, -0.2) is 47.9 Å². The molecule has 1 aliphatic heterocycles. The fourth-order valence-corrected chi connectivity index (χ4v) is 3.66. The first-order chi connectivity index (χ1) is 11.6. The van der Waals surface area contributed by atoms with Gasteiger partial charge in [0, 0.05) is 37.8 Å². The molecule has 1 heterocycles. The predicted octanol–water partition coefficient (Wildman–Crippen LogP) is 3.25. The minimum atomic E-state index is -0.0784. The third kappa shape index (κ3) is 4.08. The zero-order valence-electron chi connectivity index (χ0n) is 14.5. The molecule has 0 atom stereocenters. The lowest BCUT2D eigenvalue weighted by atomic mass is 9.88. The predicted molar refractivity (Wildman–Crippen MR) is 94.9 cm³/mol. The monoisotopic (exact) mass is 329 g/mol. The summed E-state index contributed by atoms with van der Waals surface area (Å²) in [4.78, 5) is 28.7. The van der Waals surface area contributed by atoms with Gasteiger partial charge in [0.1, 0.15) is 0 Å². The van der Waals surface area contributed by atoms with Crippen LogP contribution in [0.3, 0.4) is 0 Å². The minimum absolute atomic E-state index is 0.0784. The van der Waals surface area contributed by atoms with E-state index in [1.165, 1.54) is 19.3 Å². The summed E-state index contributed by atoms with van der Waals surface area (Å²) in [5.41, 5.74) is 1.94. The summed E-state index contributed by atoms with van der Waals surface area (Å²) in [6, 6.07) is 7.72. The van der Waals surface area contributed by atoms with Gasteiger partial charge in [-0.25, -0.2) is 4.79 Å².